The van der Waals surface area contributed by atoms with Gasteiger partial charge in [-0.1, -0.05) is 18.2 Å². The molecule has 0 amide bonds. The summed E-state index contributed by atoms with van der Waals surface area (Å²) in [6, 6.07) is 7.69. The van der Waals surface area contributed by atoms with Crippen LogP contribution in [0, 0.1) is 0 Å². The quantitative estimate of drug-likeness (QED) is 0.215. The molecule has 0 aliphatic rings. The van der Waals surface area contributed by atoms with Crippen LogP contribution in [-0.2, 0) is 25.4 Å². The Morgan fingerprint density at radius 2 is 2.09 bits per heavy atom. The molecule has 1 aromatic carbocycles. The largest absolute Gasteiger partial charge is 0.465 e. The molecule has 13 heteroatoms. The van der Waals surface area contributed by atoms with Gasteiger partial charge in [-0.2, -0.15) is 4.98 Å². The van der Waals surface area contributed by atoms with Crippen LogP contribution in [0.5, 0.6) is 5.75 Å². The molecule has 0 spiro atoms. The summed E-state index contributed by atoms with van der Waals surface area (Å²) in [6.45, 7) is 3.79. The first-order valence-electron chi connectivity index (χ1n) is 9.88. The Morgan fingerprint density at radius 1 is 1.34 bits per heavy atom. The number of nitrogens with two attached hydrogens (primary N) is 1. The molecule has 4 N–H and O–H groups in total. The van der Waals surface area contributed by atoms with Gasteiger partial charge in [-0.3, -0.25) is 19.1 Å². The highest BCUT2D eigenvalue weighted by Gasteiger charge is 2.30. The number of para-hydroxylation sites is 1. The summed E-state index contributed by atoms with van der Waals surface area (Å²) in [7, 11) is -3.63. The van der Waals surface area contributed by atoms with Crippen LogP contribution in [0.3, 0.4) is 0 Å². The maximum atomic E-state index is 13.4. The number of fused-ring (bicyclic) bond motifs is 1. The normalized spacial score (nSPS) is 14.1. The molecule has 3 aromatic rings. The van der Waals surface area contributed by atoms with E-state index in [1.165, 1.54) is 13.3 Å². The maximum Gasteiger partial charge on any atom is 0.342 e. The number of carbonyl (C=O) groups is 1. The number of esters is 1. The fourth-order valence-electron chi connectivity index (χ4n) is 2.84. The Balaban J connectivity index is 1.66. The second-order valence-electron chi connectivity index (χ2n) is 6.78. The van der Waals surface area contributed by atoms with Crippen molar-refractivity contribution in [1.29, 1.82) is 0 Å². The van der Waals surface area contributed by atoms with Gasteiger partial charge in [0.05, 0.1) is 19.5 Å². The van der Waals surface area contributed by atoms with Crippen LogP contribution < -0.4 is 20.9 Å². The zero-order chi connectivity index (χ0) is 23.1. The van der Waals surface area contributed by atoms with Crippen molar-refractivity contribution in [3.05, 3.63) is 47.0 Å². The lowest BCUT2D eigenvalue weighted by atomic mass is 10.3. The summed E-state index contributed by atoms with van der Waals surface area (Å²) in [5.41, 5.74) is 5.62. The Labute approximate surface area is 183 Å². The molecular weight excluding hydrogens is 439 g/mol. The standard InChI is InChI=1S/C19H25N6O6P/c1-3-30-18(27)13(2)24-32(28,31-14-7-5-4-6-8-14)12-29-10-9-25-11-21-15-16(25)22-19(20)23-17(15)26/h4-8,11,13H,3,9-10,12H2,1-2H3,(H,24,28)(H3,20,22,23,26). The Morgan fingerprint density at radius 3 is 2.81 bits per heavy atom. The highest BCUT2D eigenvalue weighted by molar-refractivity contribution is 7.57. The van der Waals surface area contributed by atoms with Crippen molar-refractivity contribution in [3.63, 3.8) is 0 Å². The number of H-pyrrole nitrogens is 1. The van der Waals surface area contributed by atoms with Crippen LogP contribution in [0.25, 0.3) is 11.2 Å². The van der Waals surface area contributed by atoms with Crippen LogP contribution in [0.1, 0.15) is 13.8 Å². The first-order valence-corrected chi connectivity index (χ1v) is 11.7. The Hall–Kier alpha value is -3.21. The second kappa shape index (κ2) is 10.4. The molecule has 0 aliphatic heterocycles. The number of ether oxygens (including phenoxy) is 2. The van der Waals surface area contributed by atoms with Crippen molar-refractivity contribution in [2.45, 2.75) is 26.4 Å². The van der Waals surface area contributed by atoms with Gasteiger partial charge >= 0.3 is 13.5 Å². The van der Waals surface area contributed by atoms with Crippen LogP contribution in [0.2, 0.25) is 0 Å². The summed E-state index contributed by atoms with van der Waals surface area (Å²) in [6.07, 6.45) is 1.13. The van der Waals surface area contributed by atoms with Crippen LogP contribution >= 0.6 is 7.52 Å². The van der Waals surface area contributed by atoms with Gasteiger partial charge in [0.15, 0.2) is 11.2 Å². The van der Waals surface area contributed by atoms with Crippen molar-refractivity contribution in [1.82, 2.24) is 24.6 Å². The van der Waals surface area contributed by atoms with Gasteiger partial charge in [0.2, 0.25) is 5.95 Å². The average molecular weight is 464 g/mol. The maximum absolute atomic E-state index is 13.4. The third kappa shape index (κ3) is 5.94. The summed E-state index contributed by atoms with van der Waals surface area (Å²) in [5, 5.41) is 2.70. The van der Waals surface area contributed by atoms with E-state index in [0.717, 1.165) is 0 Å². The topological polar surface area (TPSA) is 163 Å². The number of rotatable bonds is 11. The third-order valence-electron chi connectivity index (χ3n) is 4.26. The SMILES string of the molecule is CCOC(=O)C(C)NP(=O)(COCCn1cnc2c(=O)[nH]c(N)nc21)Oc1ccccc1. The third-order valence-corrected chi connectivity index (χ3v) is 6.07. The van der Waals surface area contributed by atoms with Crippen molar-refractivity contribution in [3.8, 4) is 5.75 Å². The number of hydrogen-bond acceptors (Lipinski definition) is 9. The van der Waals surface area contributed by atoms with E-state index in [-0.39, 0.29) is 37.6 Å². The zero-order valence-corrected chi connectivity index (χ0v) is 18.6. The number of benzene rings is 1. The van der Waals surface area contributed by atoms with Crippen LogP contribution in [-0.4, -0.2) is 51.1 Å². The predicted octanol–water partition coefficient (Wildman–Crippen LogP) is 1.49. The molecule has 172 valence electrons. The molecule has 2 atom stereocenters. The number of nitrogens with zero attached hydrogens (tertiary/aromatic N) is 3. The number of carbonyl (C=O) groups excluding carboxylic acids is 1. The number of aromatic amines is 1. The molecular formula is C19H25N6O6P. The Bertz CT molecular complexity index is 1160. The molecule has 32 heavy (non-hydrogen) atoms. The van der Waals surface area contributed by atoms with Crippen LogP contribution in [0.15, 0.2) is 41.5 Å². The zero-order valence-electron chi connectivity index (χ0n) is 17.7. The lowest BCUT2D eigenvalue weighted by molar-refractivity contribution is -0.144. The monoisotopic (exact) mass is 464 g/mol. The van der Waals surface area contributed by atoms with Gasteiger partial charge in [-0.15, -0.1) is 0 Å². The molecule has 2 unspecified atom stereocenters. The van der Waals surface area contributed by atoms with Crippen molar-refractivity contribution < 1.29 is 23.4 Å². The van der Waals surface area contributed by atoms with Gasteiger partial charge < -0.3 is 24.3 Å². The molecule has 0 saturated heterocycles. The van der Waals surface area contributed by atoms with Gasteiger partial charge in [-0.05, 0) is 26.0 Å². The average Bonchev–Trinajstić information content (AvgIpc) is 3.15. The molecule has 0 fully saturated rings. The highest BCUT2D eigenvalue weighted by Crippen LogP contribution is 2.43. The number of nitrogen functional groups attached to an aromatic ring is 1. The number of imidazole rings is 1. The van der Waals surface area contributed by atoms with E-state index in [1.54, 1.807) is 41.8 Å². The van der Waals surface area contributed by atoms with E-state index < -0.39 is 25.1 Å². The van der Waals surface area contributed by atoms with E-state index in [1.807, 2.05) is 0 Å². The van der Waals surface area contributed by atoms with E-state index in [4.69, 9.17) is 19.7 Å². The molecule has 2 aromatic heterocycles. The van der Waals surface area contributed by atoms with Crippen molar-refractivity contribution >= 4 is 30.6 Å². The minimum absolute atomic E-state index is 0.0249. The summed E-state index contributed by atoms with van der Waals surface area (Å²) < 4.78 is 31.2. The number of anilines is 1. The van der Waals surface area contributed by atoms with E-state index in [9.17, 15) is 14.2 Å². The summed E-state index contributed by atoms with van der Waals surface area (Å²) in [4.78, 5) is 34.3. The summed E-state index contributed by atoms with van der Waals surface area (Å²) >= 11 is 0. The van der Waals surface area contributed by atoms with E-state index in [0.29, 0.717) is 11.4 Å². The molecule has 0 bridgehead atoms. The highest BCUT2D eigenvalue weighted by atomic mass is 31.2. The molecule has 0 aliphatic carbocycles. The fraction of sp³-hybridized carbons (Fsp3) is 0.368. The predicted molar refractivity (Wildman–Crippen MR) is 117 cm³/mol. The van der Waals surface area contributed by atoms with Gasteiger partial charge in [-0.25, -0.2) is 10.1 Å². The van der Waals surface area contributed by atoms with Crippen LogP contribution in [0.4, 0.5) is 5.95 Å². The first-order chi connectivity index (χ1) is 15.3. The van der Waals surface area contributed by atoms with Crippen molar-refractivity contribution in [2.24, 2.45) is 0 Å². The second-order valence-corrected chi connectivity index (χ2v) is 8.83. The summed E-state index contributed by atoms with van der Waals surface area (Å²) in [5.74, 6) is -0.214. The fourth-order valence-corrected chi connectivity index (χ4v) is 4.55. The van der Waals surface area contributed by atoms with Gasteiger partial charge in [0.25, 0.3) is 5.56 Å². The van der Waals surface area contributed by atoms with Crippen molar-refractivity contribution in [2.75, 3.05) is 25.3 Å². The number of hydrogen-bond donors (Lipinski definition) is 3. The molecule has 12 nitrogen and oxygen atoms in total. The van der Waals surface area contributed by atoms with E-state index in [2.05, 4.69) is 20.0 Å². The lowest BCUT2D eigenvalue weighted by Gasteiger charge is -2.23. The minimum Gasteiger partial charge on any atom is -0.465 e. The molecule has 0 radical (unpaired) electrons. The van der Waals surface area contributed by atoms with Gasteiger partial charge in [0.1, 0.15) is 18.1 Å². The smallest absolute Gasteiger partial charge is 0.342 e. The molecule has 0 saturated carbocycles. The first kappa shape index (κ1) is 23.5. The van der Waals surface area contributed by atoms with Gasteiger partial charge in [0, 0.05) is 6.54 Å². The lowest BCUT2D eigenvalue weighted by Crippen LogP contribution is -2.35. The molecule has 2 heterocycles. The Kier molecular flexibility index (Phi) is 7.62. The number of aromatic nitrogens is 4. The number of nitrogens with one attached hydrogen (secondary N) is 2. The molecule has 3 rings (SSSR count). The minimum atomic E-state index is -3.63. The van der Waals surface area contributed by atoms with E-state index >= 15 is 0 Å².